The zero-order valence-electron chi connectivity index (χ0n) is 15.7. The van der Waals surface area contributed by atoms with Crippen molar-refractivity contribution in [1.29, 1.82) is 0 Å². The van der Waals surface area contributed by atoms with Crippen molar-refractivity contribution in [2.24, 2.45) is 5.41 Å². The van der Waals surface area contributed by atoms with Gasteiger partial charge in [-0.05, 0) is 36.0 Å². The lowest BCUT2D eigenvalue weighted by Crippen LogP contribution is -2.45. The molecule has 0 saturated carbocycles. The molecule has 0 spiro atoms. The molecule has 2 N–H and O–H groups in total. The summed E-state index contributed by atoms with van der Waals surface area (Å²) < 4.78 is 5.15. The highest BCUT2D eigenvalue weighted by molar-refractivity contribution is 5.74. The number of nitrogens with one attached hydrogen (secondary N) is 1. The normalized spacial score (nSPS) is 11.0. The summed E-state index contributed by atoms with van der Waals surface area (Å²) in [5, 5.41) is 11.5. The molecule has 0 aromatic heterocycles. The fourth-order valence-corrected chi connectivity index (χ4v) is 2.43. The van der Waals surface area contributed by atoms with Crippen molar-refractivity contribution in [3.63, 3.8) is 0 Å². The first-order chi connectivity index (χ1) is 11.7. The molecule has 6 nitrogen and oxygen atoms in total. The van der Waals surface area contributed by atoms with Gasteiger partial charge in [0, 0.05) is 26.1 Å². The van der Waals surface area contributed by atoms with Crippen LogP contribution in [0.2, 0.25) is 0 Å². The van der Waals surface area contributed by atoms with Gasteiger partial charge in [-0.1, -0.05) is 32.9 Å². The number of carboxylic acids is 1. The van der Waals surface area contributed by atoms with Crippen LogP contribution in [-0.2, 0) is 11.2 Å². The second-order valence-electron chi connectivity index (χ2n) is 7.31. The van der Waals surface area contributed by atoms with Crippen molar-refractivity contribution in [1.82, 2.24) is 10.2 Å². The topological polar surface area (TPSA) is 78.9 Å². The lowest BCUT2D eigenvalue weighted by Gasteiger charge is -2.30. The molecular weight excluding hydrogens is 320 g/mol. The smallest absolute Gasteiger partial charge is 0.317 e. The Kier molecular flexibility index (Phi) is 8.25. The summed E-state index contributed by atoms with van der Waals surface area (Å²) in [5.41, 5.74) is 1.12. The number of carbonyl (C=O) groups is 2. The Balaban J connectivity index is 2.58. The van der Waals surface area contributed by atoms with E-state index in [1.807, 2.05) is 24.3 Å². The number of urea groups is 1. The molecule has 25 heavy (non-hydrogen) atoms. The molecule has 0 atom stereocenters. The minimum Gasteiger partial charge on any atom is -0.497 e. The SMILES string of the molecule is COc1ccc(CCN(CC(C)(C)C)C(=O)NCCCC(=O)O)cc1. The molecule has 0 heterocycles. The number of ether oxygens (including phenoxy) is 1. The van der Waals surface area contributed by atoms with Crippen molar-refractivity contribution in [2.45, 2.75) is 40.0 Å². The maximum Gasteiger partial charge on any atom is 0.317 e. The molecule has 1 aromatic carbocycles. The van der Waals surface area contributed by atoms with Crippen LogP contribution < -0.4 is 10.1 Å². The summed E-state index contributed by atoms with van der Waals surface area (Å²) in [4.78, 5) is 24.8. The number of hydrogen-bond acceptors (Lipinski definition) is 3. The third kappa shape index (κ3) is 8.98. The van der Waals surface area contributed by atoms with Gasteiger partial charge in [-0.25, -0.2) is 4.79 Å². The Morgan fingerprint density at radius 1 is 1.20 bits per heavy atom. The van der Waals surface area contributed by atoms with Crippen LogP contribution in [0.4, 0.5) is 4.79 Å². The molecule has 2 amide bonds. The maximum absolute atomic E-state index is 12.4. The zero-order valence-corrected chi connectivity index (χ0v) is 15.7. The summed E-state index contributed by atoms with van der Waals surface area (Å²) in [5.74, 6) is -0.0354. The van der Waals surface area contributed by atoms with Crippen molar-refractivity contribution in [3.05, 3.63) is 29.8 Å². The minimum atomic E-state index is -0.847. The van der Waals surface area contributed by atoms with Crippen molar-refractivity contribution >= 4 is 12.0 Å². The van der Waals surface area contributed by atoms with E-state index in [1.54, 1.807) is 12.0 Å². The molecule has 140 valence electrons. The molecule has 0 aliphatic rings. The van der Waals surface area contributed by atoms with Crippen LogP contribution in [0.15, 0.2) is 24.3 Å². The lowest BCUT2D eigenvalue weighted by molar-refractivity contribution is -0.137. The Morgan fingerprint density at radius 2 is 1.84 bits per heavy atom. The van der Waals surface area contributed by atoms with E-state index in [9.17, 15) is 9.59 Å². The molecule has 0 fully saturated rings. The number of methoxy groups -OCH3 is 1. The summed E-state index contributed by atoms with van der Waals surface area (Å²) in [6, 6.07) is 7.68. The van der Waals surface area contributed by atoms with Gasteiger partial charge in [-0.3, -0.25) is 4.79 Å². The van der Waals surface area contributed by atoms with E-state index in [1.165, 1.54) is 0 Å². The van der Waals surface area contributed by atoms with Crippen LogP contribution >= 0.6 is 0 Å². The molecular formula is C19H30N2O4. The molecule has 1 aromatic rings. The van der Waals surface area contributed by atoms with Gasteiger partial charge in [0.05, 0.1) is 7.11 Å². The molecule has 6 heteroatoms. The van der Waals surface area contributed by atoms with E-state index < -0.39 is 5.97 Å². The van der Waals surface area contributed by atoms with Crippen LogP contribution in [0, 0.1) is 5.41 Å². The fourth-order valence-electron chi connectivity index (χ4n) is 2.43. The summed E-state index contributed by atoms with van der Waals surface area (Å²) in [6.45, 7) is 7.87. The van der Waals surface area contributed by atoms with Gasteiger partial charge in [0.1, 0.15) is 5.75 Å². The Labute approximate surface area is 150 Å². The van der Waals surface area contributed by atoms with Gasteiger partial charge in [-0.15, -0.1) is 0 Å². The Hall–Kier alpha value is -2.24. The first kappa shape index (κ1) is 20.8. The molecule has 0 unspecified atom stereocenters. The molecule has 0 bridgehead atoms. The molecule has 0 saturated heterocycles. The highest BCUT2D eigenvalue weighted by atomic mass is 16.5. The van der Waals surface area contributed by atoms with E-state index >= 15 is 0 Å². The van der Waals surface area contributed by atoms with Crippen LogP contribution in [0.5, 0.6) is 5.75 Å². The first-order valence-electron chi connectivity index (χ1n) is 8.59. The number of hydrogen-bond donors (Lipinski definition) is 2. The summed E-state index contributed by atoms with van der Waals surface area (Å²) in [7, 11) is 1.63. The average Bonchev–Trinajstić information content (AvgIpc) is 2.54. The number of carboxylic acid groups (broad SMARTS) is 1. The predicted molar refractivity (Wildman–Crippen MR) is 98.0 cm³/mol. The van der Waals surface area contributed by atoms with Crippen molar-refractivity contribution in [3.8, 4) is 5.75 Å². The van der Waals surface area contributed by atoms with Gasteiger partial charge in [-0.2, -0.15) is 0 Å². The lowest BCUT2D eigenvalue weighted by atomic mass is 9.96. The van der Waals surface area contributed by atoms with E-state index in [-0.39, 0.29) is 17.9 Å². The Morgan fingerprint density at radius 3 is 2.36 bits per heavy atom. The Bertz CT molecular complexity index is 550. The van der Waals surface area contributed by atoms with Crippen molar-refractivity contribution < 1.29 is 19.4 Å². The number of amides is 2. The van der Waals surface area contributed by atoms with Crippen LogP contribution in [0.1, 0.15) is 39.2 Å². The average molecular weight is 350 g/mol. The number of aliphatic carboxylic acids is 1. The van der Waals surface area contributed by atoms with E-state index in [2.05, 4.69) is 26.1 Å². The third-order valence-corrected chi connectivity index (χ3v) is 3.63. The second-order valence-corrected chi connectivity index (χ2v) is 7.31. The van der Waals surface area contributed by atoms with Crippen LogP contribution in [0.25, 0.3) is 0 Å². The maximum atomic E-state index is 12.4. The number of rotatable bonds is 9. The fraction of sp³-hybridized carbons (Fsp3) is 0.579. The molecule has 0 aliphatic carbocycles. The van der Waals surface area contributed by atoms with Crippen molar-refractivity contribution in [2.75, 3.05) is 26.7 Å². The van der Waals surface area contributed by atoms with Gasteiger partial charge in [0.15, 0.2) is 0 Å². The van der Waals surface area contributed by atoms with Crippen LogP contribution in [-0.4, -0.2) is 48.8 Å². The van der Waals surface area contributed by atoms with Gasteiger partial charge in [0.25, 0.3) is 0 Å². The second kappa shape index (κ2) is 9.91. The van der Waals surface area contributed by atoms with Gasteiger partial charge >= 0.3 is 12.0 Å². The van der Waals surface area contributed by atoms with E-state index in [0.29, 0.717) is 26.1 Å². The predicted octanol–water partition coefficient (Wildman–Crippen LogP) is 3.16. The highest BCUT2D eigenvalue weighted by Crippen LogP contribution is 2.17. The van der Waals surface area contributed by atoms with Crippen LogP contribution in [0.3, 0.4) is 0 Å². The number of nitrogens with zero attached hydrogens (tertiary/aromatic N) is 1. The standard InChI is InChI=1S/C19H30N2O4/c1-19(2,3)14-21(18(24)20-12-5-6-17(22)23)13-11-15-7-9-16(25-4)10-8-15/h7-10H,5-6,11-14H2,1-4H3,(H,20,24)(H,22,23). The van der Waals surface area contributed by atoms with E-state index in [4.69, 9.17) is 9.84 Å². The van der Waals surface area contributed by atoms with Gasteiger partial charge < -0.3 is 20.1 Å². The number of carbonyl (C=O) groups excluding carboxylic acids is 1. The summed E-state index contributed by atoms with van der Waals surface area (Å²) in [6.07, 6.45) is 1.25. The first-order valence-corrected chi connectivity index (χ1v) is 8.59. The van der Waals surface area contributed by atoms with E-state index in [0.717, 1.165) is 17.7 Å². The quantitative estimate of drug-likeness (QED) is 0.671. The monoisotopic (exact) mass is 350 g/mol. The molecule has 1 rings (SSSR count). The zero-order chi connectivity index (χ0) is 18.9. The molecule has 0 radical (unpaired) electrons. The summed E-state index contributed by atoms with van der Waals surface area (Å²) >= 11 is 0. The largest absolute Gasteiger partial charge is 0.497 e. The highest BCUT2D eigenvalue weighted by Gasteiger charge is 2.20. The van der Waals surface area contributed by atoms with Gasteiger partial charge in [0.2, 0.25) is 0 Å². The minimum absolute atomic E-state index is 0.0156. The third-order valence-electron chi connectivity index (χ3n) is 3.63. The number of benzene rings is 1. The molecule has 0 aliphatic heterocycles.